The first kappa shape index (κ1) is 10.9. The first-order valence-corrected chi connectivity index (χ1v) is 6.09. The van der Waals surface area contributed by atoms with Crippen LogP contribution >= 0.6 is 0 Å². The molecular formula is C12H22N2O. The van der Waals surface area contributed by atoms with Gasteiger partial charge in [0.1, 0.15) is 0 Å². The average Bonchev–Trinajstić information content (AvgIpc) is 2.66. The van der Waals surface area contributed by atoms with E-state index in [1.165, 1.54) is 12.8 Å². The second kappa shape index (κ2) is 3.78. The van der Waals surface area contributed by atoms with Crippen LogP contribution in [0.25, 0.3) is 0 Å². The van der Waals surface area contributed by atoms with Gasteiger partial charge in [-0.1, -0.05) is 6.92 Å². The van der Waals surface area contributed by atoms with Crippen molar-refractivity contribution in [3.63, 3.8) is 0 Å². The van der Waals surface area contributed by atoms with E-state index in [1.54, 1.807) is 0 Å². The van der Waals surface area contributed by atoms with E-state index >= 15 is 0 Å². The third kappa shape index (κ3) is 1.89. The van der Waals surface area contributed by atoms with Crippen LogP contribution in [0.4, 0.5) is 0 Å². The lowest BCUT2D eigenvalue weighted by atomic mass is 9.96. The van der Waals surface area contributed by atoms with E-state index in [-0.39, 0.29) is 5.54 Å². The lowest BCUT2D eigenvalue weighted by Crippen LogP contribution is -2.59. The Labute approximate surface area is 92.4 Å². The SMILES string of the molecule is CCC(C)(C)N1CC(=O)N2CCCC2C1. The van der Waals surface area contributed by atoms with Gasteiger partial charge < -0.3 is 4.90 Å². The summed E-state index contributed by atoms with van der Waals surface area (Å²) in [6, 6.07) is 0.497. The van der Waals surface area contributed by atoms with Crippen LogP contribution in [-0.2, 0) is 4.79 Å². The molecule has 0 spiro atoms. The lowest BCUT2D eigenvalue weighted by molar-refractivity contribution is -0.140. The van der Waals surface area contributed by atoms with Gasteiger partial charge >= 0.3 is 0 Å². The maximum atomic E-state index is 11.9. The molecule has 1 amide bonds. The standard InChI is InChI=1S/C12H22N2O/c1-4-12(2,3)13-8-10-6-5-7-14(10)11(15)9-13/h10H,4-9H2,1-3H3. The van der Waals surface area contributed by atoms with E-state index in [0.717, 1.165) is 19.5 Å². The maximum absolute atomic E-state index is 11.9. The summed E-state index contributed by atoms with van der Waals surface area (Å²) in [6.45, 7) is 9.37. The number of piperazine rings is 1. The van der Waals surface area contributed by atoms with Gasteiger partial charge in [-0.2, -0.15) is 0 Å². The number of hydrogen-bond donors (Lipinski definition) is 0. The molecule has 0 N–H and O–H groups in total. The minimum atomic E-state index is 0.171. The molecule has 0 aromatic heterocycles. The topological polar surface area (TPSA) is 23.6 Å². The summed E-state index contributed by atoms with van der Waals surface area (Å²) in [5, 5.41) is 0. The highest BCUT2D eigenvalue weighted by Gasteiger charge is 2.39. The molecule has 2 aliphatic rings. The van der Waals surface area contributed by atoms with Crippen molar-refractivity contribution in [1.29, 1.82) is 0 Å². The average molecular weight is 210 g/mol. The molecular weight excluding hydrogens is 188 g/mol. The molecule has 2 saturated heterocycles. The molecule has 0 radical (unpaired) electrons. The highest BCUT2D eigenvalue weighted by molar-refractivity contribution is 5.79. The third-order valence-corrected chi connectivity index (χ3v) is 4.18. The number of amides is 1. The van der Waals surface area contributed by atoms with E-state index in [4.69, 9.17) is 0 Å². The predicted molar refractivity (Wildman–Crippen MR) is 60.7 cm³/mol. The van der Waals surface area contributed by atoms with E-state index in [2.05, 4.69) is 30.6 Å². The zero-order chi connectivity index (χ0) is 11.1. The van der Waals surface area contributed by atoms with Gasteiger partial charge in [-0.25, -0.2) is 0 Å². The van der Waals surface area contributed by atoms with Gasteiger partial charge in [0.2, 0.25) is 5.91 Å². The molecule has 0 saturated carbocycles. The highest BCUT2D eigenvalue weighted by atomic mass is 16.2. The van der Waals surface area contributed by atoms with Crippen LogP contribution in [0.3, 0.4) is 0 Å². The molecule has 0 aromatic rings. The zero-order valence-electron chi connectivity index (χ0n) is 10.1. The van der Waals surface area contributed by atoms with E-state index in [9.17, 15) is 4.79 Å². The van der Waals surface area contributed by atoms with Crippen LogP contribution in [0.15, 0.2) is 0 Å². The van der Waals surface area contributed by atoms with Crippen molar-refractivity contribution in [2.24, 2.45) is 0 Å². The summed E-state index contributed by atoms with van der Waals surface area (Å²) >= 11 is 0. The van der Waals surface area contributed by atoms with E-state index < -0.39 is 0 Å². The van der Waals surface area contributed by atoms with Crippen LogP contribution in [0, 0.1) is 0 Å². The Morgan fingerprint density at radius 2 is 2.20 bits per heavy atom. The Hall–Kier alpha value is -0.570. The molecule has 15 heavy (non-hydrogen) atoms. The summed E-state index contributed by atoms with van der Waals surface area (Å²) in [7, 11) is 0. The van der Waals surface area contributed by atoms with Gasteiger partial charge in [-0.05, 0) is 33.1 Å². The molecule has 2 heterocycles. The Balaban J connectivity index is 2.09. The van der Waals surface area contributed by atoms with Gasteiger partial charge in [0, 0.05) is 24.7 Å². The quantitative estimate of drug-likeness (QED) is 0.689. The molecule has 0 aliphatic carbocycles. The molecule has 3 nitrogen and oxygen atoms in total. The van der Waals surface area contributed by atoms with Gasteiger partial charge in [0.15, 0.2) is 0 Å². The Kier molecular flexibility index (Phi) is 2.75. The second-order valence-electron chi connectivity index (χ2n) is 5.43. The Morgan fingerprint density at radius 1 is 1.47 bits per heavy atom. The number of hydrogen-bond acceptors (Lipinski definition) is 2. The number of nitrogens with zero attached hydrogens (tertiary/aromatic N) is 2. The normalized spacial score (nSPS) is 28.3. The monoisotopic (exact) mass is 210 g/mol. The second-order valence-corrected chi connectivity index (χ2v) is 5.43. The summed E-state index contributed by atoms with van der Waals surface area (Å²) in [6.07, 6.45) is 3.49. The van der Waals surface area contributed by atoms with Crippen molar-refractivity contribution < 1.29 is 4.79 Å². The van der Waals surface area contributed by atoms with Gasteiger partial charge in [-0.3, -0.25) is 9.69 Å². The third-order valence-electron chi connectivity index (χ3n) is 4.18. The molecule has 0 bridgehead atoms. The maximum Gasteiger partial charge on any atom is 0.237 e. The number of fused-ring (bicyclic) bond motifs is 1. The van der Waals surface area contributed by atoms with Gasteiger partial charge in [-0.15, -0.1) is 0 Å². The molecule has 1 atom stereocenters. The Morgan fingerprint density at radius 3 is 2.87 bits per heavy atom. The van der Waals surface area contributed by atoms with Crippen molar-refractivity contribution in [2.45, 2.75) is 51.6 Å². The smallest absolute Gasteiger partial charge is 0.237 e. The summed E-state index contributed by atoms with van der Waals surface area (Å²) in [5.41, 5.74) is 0.171. The van der Waals surface area contributed by atoms with Crippen molar-refractivity contribution in [3.8, 4) is 0 Å². The van der Waals surface area contributed by atoms with Crippen LogP contribution < -0.4 is 0 Å². The lowest BCUT2D eigenvalue weighted by Gasteiger charge is -2.45. The number of carbonyl (C=O) groups excluding carboxylic acids is 1. The van der Waals surface area contributed by atoms with Crippen LogP contribution in [0.1, 0.15) is 40.0 Å². The fraction of sp³-hybridized carbons (Fsp3) is 0.917. The summed E-state index contributed by atoms with van der Waals surface area (Å²) in [5.74, 6) is 0.338. The predicted octanol–water partition coefficient (Wildman–Crippen LogP) is 1.48. The minimum absolute atomic E-state index is 0.171. The summed E-state index contributed by atoms with van der Waals surface area (Å²) < 4.78 is 0. The van der Waals surface area contributed by atoms with E-state index in [0.29, 0.717) is 18.5 Å². The van der Waals surface area contributed by atoms with E-state index in [1.807, 2.05) is 0 Å². The first-order valence-electron chi connectivity index (χ1n) is 6.09. The molecule has 2 aliphatic heterocycles. The van der Waals surface area contributed by atoms with Gasteiger partial charge in [0.25, 0.3) is 0 Å². The molecule has 2 rings (SSSR count). The highest BCUT2D eigenvalue weighted by Crippen LogP contribution is 2.28. The first-order chi connectivity index (χ1) is 7.04. The molecule has 1 unspecified atom stereocenters. The Bertz CT molecular complexity index is 262. The molecule has 0 aromatic carbocycles. The largest absolute Gasteiger partial charge is 0.337 e. The zero-order valence-corrected chi connectivity index (χ0v) is 10.1. The van der Waals surface area contributed by atoms with Crippen molar-refractivity contribution in [2.75, 3.05) is 19.6 Å². The van der Waals surface area contributed by atoms with Crippen molar-refractivity contribution >= 4 is 5.91 Å². The molecule has 3 heteroatoms. The molecule has 86 valence electrons. The number of carbonyl (C=O) groups is 1. The fourth-order valence-electron chi connectivity index (χ4n) is 2.61. The van der Waals surface area contributed by atoms with Crippen molar-refractivity contribution in [1.82, 2.24) is 9.80 Å². The van der Waals surface area contributed by atoms with Crippen molar-refractivity contribution in [3.05, 3.63) is 0 Å². The van der Waals surface area contributed by atoms with Crippen LogP contribution in [-0.4, -0.2) is 46.9 Å². The number of rotatable bonds is 2. The summed E-state index contributed by atoms with van der Waals surface area (Å²) in [4.78, 5) is 16.4. The van der Waals surface area contributed by atoms with Crippen LogP contribution in [0.2, 0.25) is 0 Å². The minimum Gasteiger partial charge on any atom is -0.337 e. The van der Waals surface area contributed by atoms with Crippen LogP contribution in [0.5, 0.6) is 0 Å². The fourth-order valence-corrected chi connectivity index (χ4v) is 2.61. The molecule has 2 fully saturated rings. The van der Waals surface area contributed by atoms with Gasteiger partial charge in [0.05, 0.1) is 6.54 Å².